The second-order valence-electron chi connectivity index (χ2n) is 5.71. The van der Waals surface area contributed by atoms with E-state index in [1.54, 1.807) is 44.9 Å². The number of fused-ring (bicyclic) bond motifs is 1. The molecule has 1 aliphatic carbocycles. The number of aliphatic imine (C=N–C) groups is 1. The molecule has 0 saturated heterocycles. The Morgan fingerprint density at radius 2 is 1.72 bits per heavy atom. The first-order valence-electron chi connectivity index (χ1n) is 8.10. The zero-order chi connectivity index (χ0) is 17.8. The van der Waals surface area contributed by atoms with Crippen molar-refractivity contribution in [1.82, 2.24) is 0 Å². The second kappa shape index (κ2) is 7.58. The molecule has 0 N–H and O–H groups in total. The van der Waals surface area contributed by atoms with Crippen molar-refractivity contribution in [3.05, 3.63) is 33.7 Å². The van der Waals surface area contributed by atoms with Crippen LogP contribution in [0.1, 0.15) is 34.4 Å². The van der Waals surface area contributed by atoms with Gasteiger partial charge in [0, 0.05) is 22.7 Å². The van der Waals surface area contributed by atoms with E-state index in [-0.39, 0.29) is 0 Å². The molecule has 0 fully saturated rings. The van der Waals surface area contributed by atoms with Crippen LogP contribution in [0.2, 0.25) is 0 Å². The van der Waals surface area contributed by atoms with Gasteiger partial charge in [-0.3, -0.25) is 0 Å². The highest BCUT2D eigenvalue weighted by Crippen LogP contribution is 2.40. The largest absolute Gasteiger partial charge is 0.496 e. The average Bonchev–Trinajstić information content (AvgIpc) is 3.02. The quantitative estimate of drug-likeness (QED) is 0.750. The smallest absolute Gasteiger partial charge is 0.164 e. The van der Waals surface area contributed by atoms with Crippen LogP contribution < -0.4 is 14.2 Å². The summed E-state index contributed by atoms with van der Waals surface area (Å²) in [4.78, 5) is 5.89. The summed E-state index contributed by atoms with van der Waals surface area (Å²) in [6, 6.07) is 5.92. The van der Waals surface area contributed by atoms with Crippen LogP contribution in [-0.4, -0.2) is 27.5 Å². The lowest BCUT2D eigenvalue weighted by Gasteiger charge is -2.11. The van der Waals surface area contributed by atoms with Gasteiger partial charge < -0.3 is 14.2 Å². The molecule has 2 aromatic rings. The molecule has 25 heavy (non-hydrogen) atoms. The Morgan fingerprint density at radius 3 is 2.40 bits per heavy atom. The lowest BCUT2D eigenvalue weighted by atomic mass is 9.96. The molecule has 6 heteroatoms. The SMILES string of the molecule is COc1cc(OC)c(OC)cc1/C=N/c1sc2c(c1C#N)CCCC2. The van der Waals surface area contributed by atoms with Gasteiger partial charge in [-0.15, -0.1) is 11.3 Å². The van der Waals surface area contributed by atoms with Gasteiger partial charge in [-0.2, -0.15) is 5.26 Å². The summed E-state index contributed by atoms with van der Waals surface area (Å²) < 4.78 is 16.1. The zero-order valence-corrected chi connectivity index (χ0v) is 15.4. The summed E-state index contributed by atoms with van der Waals surface area (Å²) in [5.41, 5.74) is 2.68. The summed E-state index contributed by atoms with van der Waals surface area (Å²) in [7, 11) is 4.77. The highest BCUT2D eigenvalue weighted by Gasteiger charge is 2.20. The fourth-order valence-electron chi connectivity index (χ4n) is 3.04. The van der Waals surface area contributed by atoms with Crippen molar-refractivity contribution in [1.29, 1.82) is 5.26 Å². The lowest BCUT2D eigenvalue weighted by Crippen LogP contribution is -1.99. The number of hydrogen-bond donors (Lipinski definition) is 0. The maximum atomic E-state index is 9.53. The fourth-order valence-corrected chi connectivity index (χ4v) is 4.22. The van der Waals surface area contributed by atoms with Crippen LogP contribution in [0.15, 0.2) is 17.1 Å². The van der Waals surface area contributed by atoms with Crippen molar-refractivity contribution in [2.75, 3.05) is 21.3 Å². The van der Waals surface area contributed by atoms with Gasteiger partial charge in [0.1, 0.15) is 16.8 Å². The Kier molecular flexibility index (Phi) is 5.25. The van der Waals surface area contributed by atoms with Crippen molar-refractivity contribution >= 4 is 22.6 Å². The maximum Gasteiger partial charge on any atom is 0.164 e. The Hall–Kier alpha value is -2.52. The van der Waals surface area contributed by atoms with Gasteiger partial charge in [-0.25, -0.2) is 4.99 Å². The summed E-state index contributed by atoms with van der Waals surface area (Å²) in [6.07, 6.45) is 6.07. The lowest BCUT2D eigenvalue weighted by molar-refractivity contribution is 0.349. The molecule has 5 nitrogen and oxygen atoms in total. The number of rotatable bonds is 5. The third-order valence-corrected chi connectivity index (χ3v) is 5.52. The molecule has 0 spiro atoms. The van der Waals surface area contributed by atoms with Crippen LogP contribution in [0.25, 0.3) is 0 Å². The zero-order valence-electron chi connectivity index (χ0n) is 14.6. The molecule has 1 aromatic carbocycles. The standard InChI is InChI=1S/C19H20N2O3S/c1-22-15-9-17(24-3)16(23-2)8-12(15)11-21-19-14(10-20)13-6-4-5-7-18(13)25-19/h8-9,11H,4-7H2,1-3H3/b21-11+. The molecule has 0 atom stereocenters. The number of aryl methyl sites for hydroxylation is 1. The first kappa shape index (κ1) is 17.3. The van der Waals surface area contributed by atoms with Crippen LogP contribution in [0.3, 0.4) is 0 Å². The Bertz CT molecular complexity index is 849. The van der Waals surface area contributed by atoms with E-state index in [0.29, 0.717) is 17.2 Å². The number of thiophene rings is 1. The molecule has 0 saturated carbocycles. The van der Waals surface area contributed by atoms with Crippen LogP contribution in [0.4, 0.5) is 5.00 Å². The van der Waals surface area contributed by atoms with Gasteiger partial charge >= 0.3 is 0 Å². The Labute approximate surface area is 151 Å². The molecule has 0 amide bonds. The van der Waals surface area contributed by atoms with Crippen molar-refractivity contribution in [3.8, 4) is 23.3 Å². The summed E-state index contributed by atoms with van der Waals surface area (Å²) in [5, 5.41) is 10.3. The van der Waals surface area contributed by atoms with Gasteiger partial charge in [-0.1, -0.05) is 0 Å². The van der Waals surface area contributed by atoms with Crippen molar-refractivity contribution in [3.63, 3.8) is 0 Å². The normalized spacial score (nSPS) is 13.4. The van der Waals surface area contributed by atoms with Crippen molar-refractivity contribution in [2.24, 2.45) is 4.99 Å². The van der Waals surface area contributed by atoms with E-state index in [2.05, 4.69) is 11.1 Å². The predicted molar refractivity (Wildman–Crippen MR) is 99.0 cm³/mol. The first-order valence-corrected chi connectivity index (χ1v) is 8.92. The van der Waals surface area contributed by atoms with Gasteiger partial charge in [0.2, 0.25) is 0 Å². The van der Waals surface area contributed by atoms with Gasteiger partial charge in [0.15, 0.2) is 11.5 Å². The second-order valence-corrected chi connectivity index (χ2v) is 6.79. The number of nitriles is 1. The third-order valence-electron chi connectivity index (χ3n) is 4.32. The summed E-state index contributed by atoms with van der Waals surface area (Å²) in [5.74, 6) is 1.85. The van der Waals surface area contributed by atoms with Gasteiger partial charge in [0.05, 0.1) is 26.9 Å². The van der Waals surface area contributed by atoms with Gasteiger partial charge in [0.25, 0.3) is 0 Å². The minimum absolute atomic E-state index is 0.598. The Morgan fingerprint density at radius 1 is 1.04 bits per heavy atom. The molecule has 1 aromatic heterocycles. The number of methoxy groups -OCH3 is 3. The minimum Gasteiger partial charge on any atom is -0.496 e. The fraction of sp³-hybridized carbons (Fsp3) is 0.368. The molecular formula is C19H20N2O3S. The molecule has 0 unspecified atom stereocenters. The Balaban J connectivity index is 2.00. The molecule has 0 bridgehead atoms. The molecule has 1 aliphatic rings. The van der Waals surface area contributed by atoms with Gasteiger partial charge in [-0.05, 0) is 37.3 Å². The number of ether oxygens (including phenoxy) is 3. The van der Waals surface area contributed by atoms with E-state index in [4.69, 9.17) is 14.2 Å². The molecule has 130 valence electrons. The molecule has 0 aliphatic heterocycles. The number of nitrogens with zero attached hydrogens (tertiary/aromatic N) is 2. The number of benzene rings is 1. The molecule has 0 radical (unpaired) electrons. The predicted octanol–water partition coefficient (Wildman–Crippen LogP) is 4.27. The third kappa shape index (κ3) is 3.33. The summed E-state index contributed by atoms with van der Waals surface area (Å²) >= 11 is 1.62. The molecule has 1 heterocycles. The number of hydrogen-bond acceptors (Lipinski definition) is 6. The van der Waals surface area contributed by atoms with Crippen molar-refractivity contribution < 1.29 is 14.2 Å². The van der Waals surface area contributed by atoms with E-state index < -0.39 is 0 Å². The highest BCUT2D eigenvalue weighted by molar-refractivity contribution is 7.16. The van der Waals surface area contributed by atoms with Crippen molar-refractivity contribution in [2.45, 2.75) is 25.7 Å². The monoisotopic (exact) mass is 356 g/mol. The van der Waals surface area contributed by atoms with E-state index in [0.717, 1.165) is 35.4 Å². The van der Waals surface area contributed by atoms with Crippen LogP contribution in [-0.2, 0) is 12.8 Å². The molecular weight excluding hydrogens is 336 g/mol. The summed E-state index contributed by atoms with van der Waals surface area (Å²) in [6.45, 7) is 0. The average molecular weight is 356 g/mol. The van der Waals surface area contributed by atoms with E-state index in [1.807, 2.05) is 6.07 Å². The van der Waals surface area contributed by atoms with E-state index in [9.17, 15) is 5.26 Å². The van der Waals surface area contributed by atoms with E-state index in [1.165, 1.54) is 16.9 Å². The minimum atomic E-state index is 0.598. The topological polar surface area (TPSA) is 63.8 Å². The van der Waals surface area contributed by atoms with Crippen LogP contribution in [0.5, 0.6) is 17.2 Å². The van der Waals surface area contributed by atoms with Crippen LogP contribution in [0, 0.1) is 11.3 Å². The molecule has 3 rings (SSSR count). The van der Waals surface area contributed by atoms with E-state index >= 15 is 0 Å². The maximum absolute atomic E-state index is 9.53. The van der Waals surface area contributed by atoms with Crippen LogP contribution >= 0.6 is 11.3 Å². The highest BCUT2D eigenvalue weighted by atomic mass is 32.1. The first-order chi connectivity index (χ1) is 12.2.